The maximum absolute atomic E-state index is 11.4. The van der Waals surface area contributed by atoms with Gasteiger partial charge in [0.15, 0.2) is 0 Å². The molecule has 1 heterocycles. The molecule has 2 aromatic carbocycles. The Morgan fingerprint density at radius 2 is 1.88 bits per heavy atom. The lowest BCUT2D eigenvalue weighted by atomic mass is 9.88. The van der Waals surface area contributed by atoms with Crippen molar-refractivity contribution in [1.82, 2.24) is 0 Å². The van der Waals surface area contributed by atoms with Gasteiger partial charge in [-0.3, -0.25) is 4.99 Å². The normalized spacial score (nSPS) is 15.9. The van der Waals surface area contributed by atoms with E-state index >= 15 is 0 Å². The number of hydrogen-bond acceptors (Lipinski definition) is 5. The largest absolute Gasteiger partial charge is 0.506 e. The van der Waals surface area contributed by atoms with E-state index < -0.39 is 15.6 Å². The molecule has 0 fully saturated rings. The highest BCUT2D eigenvalue weighted by Gasteiger charge is 2.24. The standard InChI is InChI=1S/C26H34N2O4S/c1-4-5-9-19(10-8-17-33(27,30)31)21-11-6-7-12-23(21)28-18-20-13-14-24-22(25(20)29)15-16-26(2,3)32-24/h6-7,11-16,18-19,29H,4-5,8-10,17H2,1-3H3,(H2,27,30,31). The quantitative estimate of drug-likeness (QED) is 0.437. The van der Waals surface area contributed by atoms with Crippen LogP contribution < -0.4 is 9.88 Å². The first kappa shape index (κ1) is 25.0. The Balaban J connectivity index is 1.86. The van der Waals surface area contributed by atoms with Crippen molar-refractivity contribution in [2.24, 2.45) is 10.1 Å². The Kier molecular flexibility index (Phi) is 7.97. The molecule has 0 aliphatic carbocycles. The molecule has 2 aromatic rings. The van der Waals surface area contributed by atoms with Gasteiger partial charge in [0.05, 0.1) is 17.0 Å². The third-order valence-corrected chi connectivity index (χ3v) is 6.70. The summed E-state index contributed by atoms with van der Waals surface area (Å²) in [4.78, 5) is 4.71. The summed E-state index contributed by atoms with van der Waals surface area (Å²) >= 11 is 0. The number of sulfonamides is 1. The number of rotatable bonds is 10. The van der Waals surface area contributed by atoms with Crippen molar-refractivity contribution < 1.29 is 18.3 Å². The maximum Gasteiger partial charge on any atom is 0.209 e. The van der Waals surface area contributed by atoms with Crippen LogP contribution in [0.2, 0.25) is 0 Å². The number of fused-ring (bicyclic) bond motifs is 1. The van der Waals surface area contributed by atoms with Crippen molar-refractivity contribution in [2.75, 3.05) is 5.75 Å². The van der Waals surface area contributed by atoms with Gasteiger partial charge in [-0.25, -0.2) is 13.6 Å². The van der Waals surface area contributed by atoms with Crippen molar-refractivity contribution >= 4 is 28.0 Å². The molecule has 0 amide bonds. The lowest BCUT2D eigenvalue weighted by Crippen LogP contribution is -2.27. The molecule has 3 rings (SSSR count). The highest BCUT2D eigenvalue weighted by atomic mass is 32.2. The number of phenolic OH excluding ortho intramolecular Hbond substituents is 1. The number of para-hydroxylation sites is 1. The van der Waals surface area contributed by atoms with E-state index in [1.54, 1.807) is 12.3 Å². The van der Waals surface area contributed by atoms with Gasteiger partial charge in [0.2, 0.25) is 10.0 Å². The minimum Gasteiger partial charge on any atom is -0.506 e. The van der Waals surface area contributed by atoms with Gasteiger partial charge in [0, 0.05) is 11.8 Å². The fourth-order valence-electron chi connectivity index (χ4n) is 4.09. The first-order valence-corrected chi connectivity index (χ1v) is 13.2. The molecule has 178 valence electrons. The highest BCUT2D eigenvalue weighted by Crippen LogP contribution is 2.38. The summed E-state index contributed by atoms with van der Waals surface area (Å²) < 4.78 is 28.7. The molecule has 1 aliphatic heterocycles. The molecule has 0 saturated carbocycles. The van der Waals surface area contributed by atoms with Gasteiger partial charge in [-0.15, -0.1) is 0 Å². The topological polar surface area (TPSA) is 102 Å². The molecule has 33 heavy (non-hydrogen) atoms. The smallest absolute Gasteiger partial charge is 0.209 e. The van der Waals surface area contributed by atoms with E-state index in [1.165, 1.54) is 0 Å². The van der Waals surface area contributed by atoms with Crippen molar-refractivity contribution in [3.8, 4) is 11.5 Å². The van der Waals surface area contributed by atoms with Crippen LogP contribution >= 0.6 is 0 Å². The van der Waals surface area contributed by atoms with Crippen LogP contribution in [0.1, 0.15) is 75.5 Å². The number of benzene rings is 2. The summed E-state index contributed by atoms with van der Waals surface area (Å²) in [6, 6.07) is 11.6. The number of aliphatic imine (C=N–C) groups is 1. The zero-order valence-corrected chi connectivity index (χ0v) is 20.4. The zero-order chi connectivity index (χ0) is 24.1. The third kappa shape index (κ3) is 6.92. The Labute approximate surface area is 197 Å². The zero-order valence-electron chi connectivity index (χ0n) is 19.6. The number of hydrogen-bond donors (Lipinski definition) is 2. The number of nitrogens with two attached hydrogens (primary N) is 1. The third-order valence-electron chi connectivity index (χ3n) is 5.84. The van der Waals surface area contributed by atoms with Crippen molar-refractivity contribution in [2.45, 2.75) is 64.4 Å². The summed E-state index contributed by atoms with van der Waals surface area (Å²) in [5.41, 5.74) is 2.74. The molecule has 0 spiro atoms. The molecule has 0 aromatic heterocycles. The van der Waals surface area contributed by atoms with Gasteiger partial charge < -0.3 is 9.84 Å². The molecule has 1 unspecified atom stereocenters. The van der Waals surface area contributed by atoms with Crippen LogP contribution in [0, 0.1) is 0 Å². The molecule has 1 aliphatic rings. The second-order valence-corrected chi connectivity index (χ2v) is 10.9. The first-order valence-electron chi connectivity index (χ1n) is 11.5. The number of aromatic hydroxyl groups is 1. The average Bonchev–Trinajstić information content (AvgIpc) is 2.74. The Bertz CT molecular complexity index is 1140. The number of ether oxygens (including phenoxy) is 1. The van der Waals surface area contributed by atoms with Crippen molar-refractivity contribution in [1.29, 1.82) is 0 Å². The van der Waals surface area contributed by atoms with E-state index in [9.17, 15) is 13.5 Å². The predicted octanol–water partition coefficient (Wildman–Crippen LogP) is 5.67. The lowest BCUT2D eigenvalue weighted by molar-refractivity contribution is 0.158. The molecular formula is C26H34N2O4S. The van der Waals surface area contributed by atoms with Gasteiger partial charge >= 0.3 is 0 Å². The molecule has 7 heteroatoms. The Hall–Kier alpha value is -2.64. The Morgan fingerprint density at radius 1 is 1.15 bits per heavy atom. The van der Waals surface area contributed by atoms with Crippen molar-refractivity contribution in [3.05, 3.63) is 59.2 Å². The summed E-state index contributed by atoms with van der Waals surface area (Å²) in [6.07, 6.45) is 9.78. The van der Waals surface area contributed by atoms with Crippen LogP contribution in [0.5, 0.6) is 11.5 Å². The molecular weight excluding hydrogens is 436 g/mol. The SMILES string of the molecule is CCCCC(CCCS(N)(=O)=O)c1ccccc1N=Cc1ccc2c(c1O)C=CC(C)(C)O2. The fraction of sp³-hybridized carbons (Fsp3) is 0.423. The molecule has 6 nitrogen and oxygen atoms in total. The summed E-state index contributed by atoms with van der Waals surface area (Å²) in [6.45, 7) is 6.07. The number of nitrogens with zero attached hydrogens (tertiary/aromatic N) is 1. The summed E-state index contributed by atoms with van der Waals surface area (Å²) in [5, 5.41) is 16.0. The summed E-state index contributed by atoms with van der Waals surface area (Å²) in [5.74, 6) is 0.954. The van der Waals surface area contributed by atoms with E-state index in [2.05, 4.69) is 13.0 Å². The maximum atomic E-state index is 11.4. The van der Waals surface area contributed by atoms with Gasteiger partial charge in [-0.05, 0) is 74.9 Å². The number of unbranched alkanes of at least 4 members (excludes halogenated alkanes) is 1. The number of primary sulfonamides is 1. The van der Waals surface area contributed by atoms with Gasteiger partial charge in [-0.1, -0.05) is 38.0 Å². The van der Waals surface area contributed by atoms with Crippen molar-refractivity contribution in [3.63, 3.8) is 0 Å². The minimum atomic E-state index is -3.47. The van der Waals surface area contributed by atoms with Crippen LogP contribution in [0.3, 0.4) is 0 Å². The van der Waals surface area contributed by atoms with E-state index in [0.29, 0.717) is 23.3 Å². The lowest BCUT2D eigenvalue weighted by Gasteiger charge is -2.28. The van der Waals surface area contributed by atoms with E-state index in [-0.39, 0.29) is 17.4 Å². The van der Waals surface area contributed by atoms with E-state index in [0.717, 1.165) is 36.9 Å². The van der Waals surface area contributed by atoms with Gasteiger partial charge in [0.1, 0.15) is 17.1 Å². The van der Waals surface area contributed by atoms with Gasteiger partial charge in [0.25, 0.3) is 0 Å². The predicted molar refractivity (Wildman–Crippen MR) is 135 cm³/mol. The molecule has 0 bridgehead atoms. The second-order valence-electron chi connectivity index (χ2n) is 9.12. The highest BCUT2D eigenvalue weighted by molar-refractivity contribution is 7.89. The van der Waals surface area contributed by atoms with Crippen LogP contribution in [-0.2, 0) is 10.0 Å². The van der Waals surface area contributed by atoms with Gasteiger partial charge in [-0.2, -0.15) is 0 Å². The Morgan fingerprint density at radius 3 is 2.61 bits per heavy atom. The van der Waals surface area contributed by atoms with Crippen LogP contribution in [0.25, 0.3) is 6.08 Å². The van der Waals surface area contributed by atoms with Crippen LogP contribution in [0.15, 0.2) is 47.5 Å². The van der Waals surface area contributed by atoms with Crippen LogP contribution in [0.4, 0.5) is 5.69 Å². The number of phenols is 1. The molecule has 1 atom stereocenters. The van der Waals surface area contributed by atoms with E-state index in [1.807, 2.05) is 50.3 Å². The van der Waals surface area contributed by atoms with E-state index in [4.69, 9.17) is 14.9 Å². The summed E-state index contributed by atoms with van der Waals surface area (Å²) in [7, 11) is -3.47. The molecule has 0 radical (unpaired) electrons. The molecule has 3 N–H and O–H groups in total. The average molecular weight is 471 g/mol. The minimum absolute atomic E-state index is 0.0174. The monoisotopic (exact) mass is 470 g/mol. The second kappa shape index (κ2) is 10.5. The fourth-order valence-corrected chi connectivity index (χ4v) is 4.66. The first-order chi connectivity index (χ1) is 15.6. The van der Waals surface area contributed by atoms with Crippen LogP contribution in [-0.4, -0.2) is 31.1 Å². The molecule has 0 saturated heterocycles.